The van der Waals surface area contributed by atoms with E-state index in [4.69, 9.17) is 6.57 Å². The molecule has 1 rings (SSSR count). The molecule has 1 amide bonds. The van der Waals surface area contributed by atoms with Gasteiger partial charge in [0, 0.05) is 5.56 Å². The Labute approximate surface area is 83.2 Å². The number of nitrogens with zero attached hydrogens (tertiary/aromatic N) is 1. The molecule has 1 aromatic carbocycles. The van der Waals surface area contributed by atoms with Gasteiger partial charge in [0.1, 0.15) is 0 Å². The maximum atomic E-state index is 10.7. The van der Waals surface area contributed by atoms with Crippen molar-refractivity contribution >= 4 is 30.7 Å². The molecule has 4 heteroatoms. The van der Waals surface area contributed by atoms with Gasteiger partial charge in [0.2, 0.25) is 0 Å². The van der Waals surface area contributed by atoms with Gasteiger partial charge in [0.15, 0.2) is 0 Å². The Kier molecular flexibility index (Phi) is 7.51. The summed E-state index contributed by atoms with van der Waals surface area (Å²) in [6.07, 6.45) is 0. The van der Waals surface area contributed by atoms with E-state index in [0.29, 0.717) is 5.56 Å². The van der Waals surface area contributed by atoms with Crippen molar-refractivity contribution in [3.63, 3.8) is 0 Å². The molecule has 64 valence electrons. The lowest BCUT2D eigenvalue weighted by Crippen LogP contribution is -1.88. The summed E-state index contributed by atoms with van der Waals surface area (Å²) in [6, 6.07) is 8.53. The Balaban J connectivity index is 0. The highest BCUT2D eigenvalue weighted by atomic mass is 35.5. The Hall–Kier alpha value is -1.04. The Morgan fingerprint density at radius 1 is 1.17 bits per heavy atom. The molecule has 0 saturated heterocycles. The number of carbonyl (C=O) groups is 1. The Morgan fingerprint density at radius 3 is 2.08 bits per heavy atom. The fraction of sp³-hybridized carbons (Fsp3) is 0. The minimum Gasteiger partial charge on any atom is -0.311 e. The minimum absolute atomic E-state index is 0. The van der Waals surface area contributed by atoms with Gasteiger partial charge in [-0.25, -0.2) is 0 Å². The Morgan fingerprint density at radius 2 is 1.67 bits per heavy atom. The average Bonchev–Trinajstić information content (AvgIpc) is 2.05. The van der Waals surface area contributed by atoms with Crippen LogP contribution in [-0.2, 0) is 0 Å². The van der Waals surface area contributed by atoms with E-state index >= 15 is 0 Å². The molecule has 2 nitrogen and oxygen atoms in total. The molecule has 0 radical (unpaired) electrons. The first-order valence-electron chi connectivity index (χ1n) is 2.81. The zero-order chi connectivity index (χ0) is 7.40. The second kappa shape index (κ2) is 6.66. The van der Waals surface area contributed by atoms with Crippen molar-refractivity contribution in [3.05, 3.63) is 47.3 Å². The molecular formula is C8H7Cl2NO. The molecule has 0 spiro atoms. The number of hydrogen-bond donors (Lipinski definition) is 0. The molecule has 0 N–H and O–H groups in total. The van der Waals surface area contributed by atoms with Crippen molar-refractivity contribution < 1.29 is 4.79 Å². The van der Waals surface area contributed by atoms with Crippen molar-refractivity contribution in [2.75, 3.05) is 0 Å². The number of benzene rings is 1. The van der Waals surface area contributed by atoms with Gasteiger partial charge in [-0.2, -0.15) is 4.85 Å². The van der Waals surface area contributed by atoms with Crippen molar-refractivity contribution in [3.8, 4) is 0 Å². The zero-order valence-electron chi connectivity index (χ0n) is 6.06. The number of rotatable bonds is 1. The molecule has 0 saturated carbocycles. The first-order valence-corrected chi connectivity index (χ1v) is 2.81. The van der Waals surface area contributed by atoms with Crippen LogP contribution in [0.15, 0.2) is 30.3 Å². The van der Waals surface area contributed by atoms with Crippen molar-refractivity contribution in [2.24, 2.45) is 0 Å². The molecule has 0 atom stereocenters. The molecular weight excluding hydrogens is 197 g/mol. The van der Waals surface area contributed by atoms with Gasteiger partial charge >= 0.3 is 5.91 Å². The molecule has 0 aliphatic carbocycles. The number of amides is 1. The van der Waals surface area contributed by atoms with Gasteiger partial charge in [-0.05, 0) is 0 Å². The molecule has 0 fully saturated rings. The van der Waals surface area contributed by atoms with Crippen LogP contribution in [0.1, 0.15) is 10.4 Å². The summed E-state index contributed by atoms with van der Waals surface area (Å²) in [7, 11) is 0. The van der Waals surface area contributed by atoms with Crippen molar-refractivity contribution in [1.29, 1.82) is 0 Å². The molecule has 0 heterocycles. The van der Waals surface area contributed by atoms with Crippen LogP contribution >= 0.6 is 24.8 Å². The van der Waals surface area contributed by atoms with E-state index in [2.05, 4.69) is 4.85 Å². The van der Waals surface area contributed by atoms with Crippen LogP contribution in [0.5, 0.6) is 0 Å². The van der Waals surface area contributed by atoms with E-state index in [0.717, 1.165) is 0 Å². The summed E-state index contributed by atoms with van der Waals surface area (Å²) in [5, 5.41) is 0. The largest absolute Gasteiger partial charge is 0.385 e. The predicted octanol–water partition coefficient (Wildman–Crippen LogP) is 2.59. The minimum atomic E-state index is -0.499. The molecule has 0 unspecified atom stereocenters. The summed E-state index contributed by atoms with van der Waals surface area (Å²) in [5.74, 6) is -0.499. The van der Waals surface area contributed by atoms with Gasteiger partial charge < -0.3 is 4.79 Å². The molecule has 1 aromatic rings. The lowest BCUT2D eigenvalue weighted by molar-refractivity contribution is 0.104. The molecule has 0 aliphatic rings. The topological polar surface area (TPSA) is 21.4 Å². The van der Waals surface area contributed by atoms with Crippen LogP contribution < -0.4 is 0 Å². The van der Waals surface area contributed by atoms with E-state index in [9.17, 15) is 4.79 Å². The lowest BCUT2D eigenvalue weighted by Gasteiger charge is -1.87. The van der Waals surface area contributed by atoms with E-state index in [1.54, 1.807) is 30.3 Å². The van der Waals surface area contributed by atoms with E-state index in [1.165, 1.54) is 0 Å². The van der Waals surface area contributed by atoms with Gasteiger partial charge in [-0.15, -0.1) is 24.8 Å². The number of hydrogen-bond acceptors (Lipinski definition) is 1. The first-order chi connectivity index (χ1) is 4.84. The fourth-order valence-electron chi connectivity index (χ4n) is 0.645. The Bertz CT molecular complexity index is 279. The fourth-order valence-corrected chi connectivity index (χ4v) is 0.645. The van der Waals surface area contributed by atoms with Crippen LogP contribution in [-0.4, -0.2) is 5.91 Å². The summed E-state index contributed by atoms with van der Waals surface area (Å²) in [4.78, 5) is 13.4. The number of carbonyl (C=O) groups excluding carboxylic acids is 1. The van der Waals surface area contributed by atoms with Gasteiger partial charge in [0.25, 0.3) is 0 Å². The quantitative estimate of drug-likeness (QED) is 0.644. The van der Waals surface area contributed by atoms with Crippen molar-refractivity contribution in [1.82, 2.24) is 0 Å². The number of halogens is 2. The second-order valence-corrected chi connectivity index (χ2v) is 1.78. The highest BCUT2D eigenvalue weighted by Crippen LogP contribution is 1.99. The maximum absolute atomic E-state index is 10.7. The second-order valence-electron chi connectivity index (χ2n) is 1.78. The zero-order valence-corrected chi connectivity index (χ0v) is 7.69. The highest BCUT2D eigenvalue weighted by Gasteiger charge is 2.00. The normalized spacial score (nSPS) is 6.92. The summed E-state index contributed by atoms with van der Waals surface area (Å²) in [6.45, 7) is 6.42. The van der Waals surface area contributed by atoms with Crippen LogP contribution in [0.25, 0.3) is 4.85 Å². The van der Waals surface area contributed by atoms with Gasteiger partial charge in [0.05, 0.1) is 6.57 Å². The van der Waals surface area contributed by atoms with Crippen LogP contribution in [0, 0.1) is 6.57 Å². The standard InChI is InChI=1S/C8H5NO.2ClH/c1-9-8(10)7-5-3-2-4-6-7;;/h2-6H;2*1H. The van der Waals surface area contributed by atoms with Gasteiger partial charge in [-0.3, -0.25) is 0 Å². The molecule has 0 bridgehead atoms. The molecule has 0 aliphatic heterocycles. The lowest BCUT2D eigenvalue weighted by atomic mass is 10.2. The van der Waals surface area contributed by atoms with Crippen LogP contribution in [0.3, 0.4) is 0 Å². The van der Waals surface area contributed by atoms with Crippen molar-refractivity contribution in [2.45, 2.75) is 0 Å². The third-order valence-corrected chi connectivity index (χ3v) is 1.12. The van der Waals surface area contributed by atoms with E-state index < -0.39 is 5.91 Å². The first kappa shape index (κ1) is 13.5. The summed E-state index contributed by atoms with van der Waals surface area (Å²) >= 11 is 0. The summed E-state index contributed by atoms with van der Waals surface area (Å²) in [5.41, 5.74) is 0.456. The molecule has 12 heavy (non-hydrogen) atoms. The predicted molar refractivity (Wildman–Crippen MR) is 51.9 cm³/mol. The highest BCUT2D eigenvalue weighted by molar-refractivity contribution is 6.01. The van der Waals surface area contributed by atoms with Crippen LogP contribution in [0.2, 0.25) is 0 Å². The maximum Gasteiger partial charge on any atom is 0.385 e. The van der Waals surface area contributed by atoms with E-state index in [-0.39, 0.29) is 24.8 Å². The smallest absolute Gasteiger partial charge is 0.311 e. The molecule has 0 aromatic heterocycles. The van der Waals surface area contributed by atoms with Gasteiger partial charge in [-0.1, -0.05) is 30.3 Å². The van der Waals surface area contributed by atoms with E-state index in [1.807, 2.05) is 0 Å². The summed E-state index contributed by atoms with van der Waals surface area (Å²) < 4.78 is 0. The third kappa shape index (κ3) is 3.38. The monoisotopic (exact) mass is 203 g/mol. The third-order valence-electron chi connectivity index (χ3n) is 1.12. The average molecular weight is 204 g/mol. The van der Waals surface area contributed by atoms with Crippen LogP contribution in [0.4, 0.5) is 0 Å². The SMILES string of the molecule is Cl.Cl.[C-]#[N+]C(=O)c1ccccc1.